The van der Waals surface area contributed by atoms with Crippen molar-refractivity contribution in [3.63, 3.8) is 0 Å². The van der Waals surface area contributed by atoms with Gasteiger partial charge in [-0.3, -0.25) is 0 Å². The number of esters is 1. The van der Waals surface area contributed by atoms with E-state index in [0.29, 0.717) is 23.1 Å². The van der Waals surface area contributed by atoms with Gasteiger partial charge in [-0.25, -0.2) is 4.79 Å². The molecule has 0 amide bonds. The quantitative estimate of drug-likeness (QED) is 0.490. The Balaban J connectivity index is 2.02. The van der Waals surface area contributed by atoms with Crippen molar-refractivity contribution in [2.24, 2.45) is 11.8 Å². The summed E-state index contributed by atoms with van der Waals surface area (Å²) in [5.41, 5.74) is 1.81. The van der Waals surface area contributed by atoms with E-state index in [1.807, 2.05) is 39.8 Å². The van der Waals surface area contributed by atoms with Gasteiger partial charge in [0.15, 0.2) is 5.79 Å². The normalized spacial score (nSPS) is 34.4. The topological polar surface area (TPSA) is 65.0 Å². The van der Waals surface area contributed by atoms with Crippen LogP contribution in [0, 0.1) is 18.8 Å². The summed E-state index contributed by atoms with van der Waals surface area (Å²) in [4.78, 5) is 12.9. The van der Waals surface area contributed by atoms with E-state index in [1.54, 1.807) is 19.1 Å². The molecule has 2 aliphatic heterocycles. The van der Waals surface area contributed by atoms with Crippen molar-refractivity contribution in [2.45, 2.75) is 72.1 Å². The van der Waals surface area contributed by atoms with E-state index in [9.17, 15) is 9.90 Å². The van der Waals surface area contributed by atoms with Crippen molar-refractivity contribution in [1.82, 2.24) is 0 Å². The summed E-state index contributed by atoms with van der Waals surface area (Å²) in [6.45, 7) is 11.7. The van der Waals surface area contributed by atoms with Crippen LogP contribution in [0.25, 0.3) is 6.08 Å². The molecule has 0 radical (unpaired) electrons. The molecule has 0 aromatic heterocycles. The number of benzene rings is 1. The van der Waals surface area contributed by atoms with E-state index < -0.39 is 5.79 Å². The van der Waals surface area contributed by atoms with Gasteiger partial charge in [0.25, 0.3) is 0 Å². The van der Waals surface area contributed by atoms with Crippen molar-refractivity contribution in [2.75, 3.05) is 0 Å². The number of phenolic OH excluding ortho intramolecular Hbond substituents is 1. The second-order valence-corrected chi connectivity index (χ2v) is 8.72. The van der Waals surface area contributed by atoms with Gasteiger partial charge in [-0.05, 0) is 57.4 Å². The molecule has 2 unspecified atom stereocenters. The highest BCUT2D eigenvalue weighted by molar-refractivity contribution is 5.95. The third-order valence-corrected chi connectivity index (χ3v) is 5.71. The zero-order valence-electron chi connectivity index (χ0n) is 18.1. The second-order valence-electron chi connectivity index (χ2n) is 8.72. The minimum absolute atomic E-state index is 0.0505. The van der Waals surface area contributed by atoms with Crippen LogP contribution in [0.3, 0.4) is 0 Å². The molecule has 0 spiro atoms. The molecule has 5 heteroatoms. The molecule has 0 bridgehead atoms. The number of cyclic esters (lactones) is 1. The number of carbonyl (C=O) groups is 1. The highest BCUT2D eigenvalue weighted by atomic mass is 16.8. The number of hydrogen-bond donors (Lipinski definition) is 1. The zero-order chi connectivity index (χ0) is 21.3. The van der Waals surface area contributed by atoms with Crippen LogP contribution in [0.1, 0.15) is 62.5 Å². The van der Waals surface area contributed by atoms with Crippen LogP contribution in [0.15, 0.2) is 30.4 Å². The summed E-state index contributed by atoms with van der Waals surface area (Å²) in [7, 11) is 0. The fourth-order valence-corrected chi connectivity index (χ4v) is 3.98. The number of fused-ring (bicyclic) bond motifs is 2. The van der Waals surface area contributed by atoms with E-state index in [4.69, 9.17) is 14.2 Å². The Labute approximate surface area is 173 Å². The van der Waals surface area contributed by atoms with Gasteiger partial charge in [-0.15, -0.1) is 0 Å². The van der Waals surface area contributed by atoms with Gasteiger partial charge < -0.3 is 19.3 Å². The maximum Gasteiger partial charge on any atom is 0.339 e. The fraction of sp³-hybridized carbons (Fsp3) is 0.542. The number of carbonyl (C=O) groups excluding carboxylic acids is 1. The van der Waals surface area contributed by atoms with Gasteiger partial charge >= 0.3 is 5.97 Å². The molecule has 5 nitrogen and oxygen atoms in total. The van der Waals surface area contributed by atoms with Crippen molar-refractivity contribution >= 4 is 12.0 Å². The van der Waals surface area contributed by atoms with Crippen molar-refractivity contribution in [1.29, 1.82) is 0 Å². The lowest BCUT2D eigenvalue weighted by Crippen LogP contribution is -2.29. The number of phenols is 1. The first-order chi connectivity index (χ1) is 13.6. The van der Waals surface area contributed by atoms with E-state index in [1.165, 1.54) is 0 Å². The van der Waals surface area contributed by atoms with Gasteiger partial charge in [0.1, 0.15) is 11.9 Å². The first-order valence-electron chi connectivity index (χ1n) is 10.3. The Hall–Kier alpha value is -2.11. The van der Waals surface area contributed by atoms with Crippen molar-refractivity contribution < 1.29 is 24.1 Å². The van der Waals surface area contributed by atoms with E-state index in [2.05, 4.69) is 19.1 Å². The molecule has 0 aliphatic carbocycles. The standard InChI is InChI=1S/C24H32O5/c1-14-10-11-15(2)22-20(28-24(5,6)29-22)9-7-8-18-13-19(25)12-16(3)21(18)23(26)27-17(14)4/h7-8,10-15,17,20,22,25H,9H2,1-6H3/b8-7+,11-10-/t14?,15?,17-,20-,22+/m0/s1. The molecule has 29 heavy (non-hydrogen) atoms. The average molecular weight is 401 g/mol. The average Bonchev–Trinajstić information content (AvgIpc) is 2.92. The number of ether oxygens (including phenoxy) is 3. The fourth-order valence-electron chi connectivity index (χ4n) is 3.98. The highest BCUT2D eigenvalue weighted by Gasteiger charge is 2.42. The predicted molar refractivity (Wildman–Crippen MR) is 113 cm³/mol. The zero-order valence-corrected chi connectivity index (χ0v) is 18.1. The SMILES string of the molecule is Cc1cc(O)cc2c1C(=O)O[C@@H](C)C(C)/C=C\C(C)[C@H]1OC(C)(C)O[C@H]1C/C=C/2. The first-order valence-corrected chi connectivity index (χ1v) is 10.3. The van der Waals surface area contributed by atoms with Crippen LogP contribution in [-0.2, 0) is 14.2 Å². The highest BCUT2D eigenvalue weighted by Crippen LogP contribution is 2.35. The summed E-state index contributed by atoms with van der Waals surface area (Å²) in [6, 6.07) is 3.18. The Bertz CT molecular complexity index is 823. The predicted octanol–water partition coefficient (Wildman–Crippen LogP) is 5.01. The molecular weight excluding hydrogens is 368 g/mol. The molecule has 3 rings (SSSR count). The Morgan fingerprint density at radius 3 is 2.48 bits per heavy atom. The molecule has 5 atom stereocenters. The largest absolute Gasteiger partial charge is 0.508 e. The van der Waals surface area contributed by atoms with Gasteiger partial charge in [0.05, 0.1) is 17.8 Å². The number of aryl methyl sites for hydroxylation is 1. The molecule has 1 fully saturated rings. The van der Waals surface area contributed by atoms with E-state index in [-0.39, 0.29) is 41.9 Å². The minimum Gasteiger partial charge on any atom is -0.508 e. The van der Waals surface area contributed by atoms with Crippen LogP contribution < -0.4 is 0 Å². The summed E-state index contributed by atoms with van der Waals surface area (Å²) in [5, 5.41) is 10.0. The van der Waals surface area contributed by atoms with E-state index >= 15 is 0 Å². The number of aromatic hydroxyl groups is 1. The lowest BCUT2D eigenvalue weighted by atomic mass is 9.94. The lowest BCUT2D eigenvalue weighted by molar-refractivity contribution is -0.148. The molecule has 1 saturated heterocycles. The van der Waals surface area contributed by atoms with Gasteiger partial charge in [-0.2, -0.15) is 0 Å². The van der Waals surface area contributed by atoms with Crippen LogP contribution >= 0.6 is 0 Å². The number of rotatable bonds is 0. The maximum absolute atomic E-state index is 12.9. The van der Waals surface area contributed by atoms with Crippen LogP contribution in [0.4, 0.5) is 0 Å². The second kappa shape index (κ2) is 8.33. The van der Waals surface area contributed by atoms with Gasteiger partial charge in [0.2, 0.25) is 0 Å². The molecule has 1 N–H and O–H groups in total. The van der Waals surface area contributed by atoms with Crippen LogP contribution in [0.2, 0.25) is 0 Å². The minimum atomic E-state index is -0.635. The van der Waals surface area contributed by atoms with E-state index in [0.717, 1.165) is 0 Å². The molecule has 2 aliphatic rings. The third-order valence-electron chi connectivity index (χ3n) is 5.71. The van der Waals surface area contributed by atoms with Crippen LogP contribution in [0.5, 0.6) is 5.75 Å². The first kappa shape index (κ1) is 21.6. The van der Waals surface area contributed by atoms with Crippen molar-refractivity contribution in [3.8, 4) is 5.75 Å². The molecule has 0 saturated carbocycles. The molecule has 2 heterocycles. The summed E-state index contributed by atoms with van der Waals surface area (Å²) < 4.78 is 18.1. The summed E-state index contributed by atoms with van der Waals surface area (Å²) >= 11 is 0. The van der Waals surface area contributed by atoms with Gasteiger partial charge in [-0.1, -0.05) is 38.2 Å². The number of hydrogen-bond acceptors (Lipinski definition) is 5. The summed E-state index contributed by atoms with van der Waals surface area (Å²) in [5.74, 6) is -0.683. The maximum atomic E-state index is 12.9. The monoisotopic (exact) mass is 400 g/mol. The molecule has 1 aromatic carbocycles. The Morgan fingerprint density at radius 1 is 1.07 bits per heavy atom. The summed E-state index contributed by atoms with van der Waals surface area (Å²) in [6.07, 6.45) is 8.24. The Kier molecular flexibility index (Phi) is 6.20. The lowest BCUT2D eigenvalue weighted by Gasteiger charge is -2.23. The van der Waals surface area contributed by atoms with Crippen LogP contribution in [-0.4, -0.2) is 35.2 Å². The van der Waals surface area contributed by atoms with Gasteiger partial charge in [0, 0.05) is 11.8 Å². The van der Waals surface area contributed by atoms with Crippen molar-refractivity contribution in [3.05, 3.63) is 47.1 Å². The molecule has 158 valence electrons. The Morgan fingerprint density at radius 2 is 1.76 bits per heavy atom. The molecular formula is C24H32O5. The third kappa shape index (κ3) is 4.90. The smallest absolute Gasteiger partial charge is 0.339 e. The molecule has 1 aromatic rings.